The van der Waals surface area contributed by atoms with E-state index in [9.17, 15) is 4.79 Å². The monoisotopic (exact) mass is 272 g/mol. The largest absolute Gasteiger partial charge is 0.308 e. The van der Waals surface area contributed by atoms with Crippen LogP contribution in [0.1, 0.15) is 29.4 Å². The first-order valence-corrected chi connectivity index (χ1v) is 6.29. The zero-order valence-electron chi connectivity index (χ0n) is 11.1. The molecule has 0 fully saturated rings. The molecule has 0 atom stereocenters. The van der Waals surface area contributed by atoms with Gasteiger partial charge in [0.15, 0.2) is 5.82 Å². The Labute approximate surface area is 116 Å². The molecule has 0 aliphatic carbocycles. The number of nitrogens with two attached hydrogens (primary N) is 1. The maximum absolute atomic E-state index is 12.2. The van der Waals surface area contributed by atoms with Gasteiger partial charge in [-0.3, -0.25) is 4.79 Å². The molecule has 0 radical (unpaired) electrons. The zero-order valence-corrected chi connectivity index (χ0v) is 11.1. The molecule has 104 valence electrons. The van der Waals surface area contributed by atoms with E-state index in [0.29, 0.717) is 17.2 Å². The number of nitrogens with one attached hydrogen (secondary N) is 2. The van der Waals surface area contributed by atoms with Gasteiger partial charge in [-0.2, -0.15) is 5.10 Å². The smallest absolute Gasteiger partial charge is 0.257 e. The lowest BCUT2D eigenvalue weighted by molar-refractivity contribution is 0.102. The number of hydrogen-bond donors (Lipinski definition) is 3. The van der Waals surface area contributed by atoms with Gasteiger partial charge in [0.05, 0.1) is 0 Å². The molecular weight excluding hydrogens is 256 g/mol. The van der Waals surface area contributed by atoms with Crippen molar-refractivity contribution < 1.29 is 4.79 Å². The molecule has 4 N–H and O–H groups in total. The Bertz CT molecular complexity index is 587. The predicted octanol–water partition coefficient (Wildman–Crippen LogP) is 1.36. The lowest BCUT2D eigenvalue weighted by atomic mass is 10.1. The van der Waals surface area contributed by atoms with Crippen LogP contribution >= 0.6 is 0 Å². The minimum atomic E-state index is -0.276. The summed E-state index contributed by atoms with van der Waals surface area (Å²) in [5, 5.41) is 10.2. The van der Waals surface area contributed by atoms with Crippen molar-refractivity contribution in [2.24, 2.45) is 5.84 Å². The second kappa shape index (κ2) is 6.58. The number of amides is 1. The summed E-state index contributed by atoms with van der Waals surface area (Å²) in [5.74, 6) is 5.95. The number of aromatic nitrogens is 3. The summed E-state index contributed by atoms with van der Waals surface area (Å²) in [6.45, 7) is 2.05. The molecular formula is C13H16N6O. The zero-order chi connectivity index (χ0) is 14.4. The van der Waals surface area contributed by atoms with E-state index >= 15 is 0 Å². The average molecular weight is 272 g/mol. The summed E-state index contributed by atoms with van der Waals surface area (Å²) < 4.78 is 0. The highest BCUT2D eigenvalue weighted by Crippen LogP contribution is 2.13. The number of carbonyl (C=O) groups is 1. The van der Waals surface area contributed by atoms with E-state index in [2.05, 4.69) is 25.9 Å². The molecule has 1 amide bonds. The first-order chi connectivity index (χ1) is 9.72. The van der Waals surface area contributed by atoms with Crippen LogP contribution in [0, 0.1) is 0 Å². The molecule has 2 aromatic heterocycles. The summed E-state index contributed by atoms with van der Waals surface area (Å²) >= 11 is 0. The van der Waals surface area contributed by atoms with Crippen LogP contribution in [0.3, 0.4) is 0 Å². The van der Waals surface area contributed by atoms with Crippen molar-refractivity contribution in [2.45, 2.75) is 19.8 Å². The molecule has 0 saturated heterocycles. The van der Waals surface area contributed by atoms with Gasteiger partial charge in [0.1, 0.15) is 5.82 Å². The van der Waals surface area contributed by atoms with Crippen LogP contribution < -0.4 is 16.6 Å². The number of nitrogen functional groups attached to an aromatic ring is 1. The first kappa shape index (κ1) is 13.9. The second-order valence-electron chi connectivity index (χ2n) is 4.19. The van der Waals surface area contributed by atoms with Gasteiger partial charge in [-0.05, 0) is 30.7 Å². The molecule has 2 rings (SSSR count). The van der Waals surface area contributed by atoms with Crippen LogP contribution in [0.15, 0.2) is 30.5 Å². The van der Waals surface area contributed by atoms with E-state index in [4.69, 9.17) is 5.84 Å². The molecule has 0 spiro atoms. The van der Waals surface area contributed by atoms with Gasteiger partial charge in [-0.1, -0.05) is 13.3 Å². The van der Waals surface area contributed by atoms with Gasteiger partial charge in [0.2, 0.25) is 0 Å². The average Bonchev–Trinajstić information content (AvgIpc) is 2.48. The van der Waals surface area contributed by atoms with Crippen LogP contribution in [0.2, 0.25) is 0 Å². The highest BCUT2D eigenvalue weighted by atomic mass is 16.1. The molecule has 0 aliphatic heterocycles. The van der Waals surface area contributed by atoms with E-state index in [1.165, 1.54) is 6.20 Å². The normalized spacial score (nSPS) is 10.1. The van der Waals surface area contributed by atoms with Crippen LogP contribution in [-0.4, -0.2) is 21.1 Å². The molecule has 0 aromatic carbocycles. The number of aryl methyl sites for hydroxylation is 1. The number of rotatable bonds is 5. The summed E-state index contributed by atoms with van der Waals surface area (Å²) in [7, 11) is 0. The Morgan fingerprint density at radius 1 is 1.35 bits per heavy atom. The van der Waals surface area contributed by atoms with Crippen LogP contribution in [0.25, 0.3) is 0 Å². The molecule has 0 saturated carbocycles. The fourth-order valence-electron chi connectivity index (χ4n) is 1.73. The first-order valence-electron chi connectivity index (χ1n) is 6.29. The number of nitrogens with zero attached hydrogens (tertiary/aromatic N) is 3. The van der Waals surface area contributed by atoms with Crippen LogP contribution in [-0.2, 0) is 6.42 Å². The standard InChI is InChI=1S/C13H16N6O/c1-2-4-10-7-9(8-12(16-10)18-14)13(20)17-11-5-3-6-15-19-11/h3,5-8H,2,4,14H2,1H3,(H,16,18)(H,17,19,20). The minimum absolute atomic E-state index is 0.276. The second-order valence-corrected chi connectivity index (χ2v) is 4.19. The minimum Gasteiger partial charge on any atom is -0.308 e. The van der Waals surface area contributed by atoms with Crippen molar-refractivity contribution >= 4 is 17.5 Å². The third kappa shape index (κ3) is 3.48. The third-order valence-electron chi connectivity index (χ3n) is 2.61. The fraction of sp³-hybridized carbons (Fsp3) is 0.231. The summed E-state index contributed by atoms with van der Waals surface area (Å²) in [5.41, 5.74) is 3.75. The number of anilines is 2. The Hall–Kier alpha value is -2.54. The van der Waals surface area contributed by atoms with Gasteiger partial charge in [0, 0.05) is 17.5 Å². The van der Waals surface area contributed by atoms with Crippen molar-refractivity contribution in [3.63, 3.8) is 0 Å². The van der Waals surface area contributed by atoms with Gasteiger partial charge < -0.3 is 10.7 Å². The van der Waals surface area contributed by atoms with Crippen molar-refractivity contribution in [3.05, 3.63) is 41.7 Å². The lowest BCUT2D eigenvalue weighted by Gasteiger charge is -2.08. The highest BCUT2D eigenvalue weighted by molar-refractivity contribution is 6.04. The fourth-order valence-corrected chi connectivity index (χ4v) is 1.73. The number of hydrogen-bond acceptors (Lipinski definition) is 6. The van der Waals surface area contributed by atoms with Gasteiger partial charge in [-0.15, -0.1) is 5.10 Å². The van der Waals surface area contributed by atoms with Crippen molar-refractivity contribution in [3.8, 4) is 0 Å². The topological polar surface area (TPSA) is 106 Å². The van der Waals surface area contributed by atoms with Crippen molar-refractivity contribution in [1.82, 2.24) is 15.2 Å². The molecule has 0 bridgehead atoms. The maximum atomic E-state index is 12.2. The quantitative estimate of drug-likeness (QED) is 0.560. The predicted molar refractivity (Wildman–Crippen MR) is 76.0 cm³/mol. The third-order valence-corrected chi connectivity index (χ3v) is 2.61. The Morgan fingerprint density at radius 3 is 2.85 bits per heavy atom. The highest BCUT2D eigenvalue weighted by Gasteiger charge is 2.10. The number of hydrazine groups is 1. The summed E-state index contributed by atoms with van der Waals surface area (Å²) in [4.78, 5) is 16.5. The number of pyridine rings is 1. The van der Waals surface area contributed by atoms with Gasteiger partial charge >= 0.3 is 0 Å². The Morgan fingerprint density at radius 2 is 2.20 bits per heavy atom. The van der Waals surface area contributed by atoms with E-state index < -0.39 is 0 Å². The van der Waals surface area contributed by atoms with E-state index in [-0.39, 0.29) is 5.91 Å². The molecule has 0 aliphatic rings. The van der Waals surface area contributed by atoms with E-state index in [1.54, 1.807) is 24.3 Å². The van der Waals surface area contributed by atoms with Crippen LogP contribution in [0.5, 0.6) is 0 Å². The molecule has 7 nitrogen and oxygen atoms in total. The van der Waals surface area contributed by atoms with Crippen molar-refractivity contribution in [1.29, 1.82) is 0 Å². The van der Waals surface area contributed by atoms with E-state index in [0.717, 1.165) is 18.5 Å². The van der Waals surface area contributed by atoms with Crippen LogP contribution in [0.4, 0.5) is 11.6 Å². The summed E-state index contributed by atoms with van der Waals surface area (Å²) in [6, 6.07) is 6.70. The van der Waals surface area contributed by atoms with Crippen molar-refractivity contribution in [2.75, 3.05) is 10.7 Å². The van der Waals surface area contributed by atoms with Gasteiger partial charge in [0.25, 0.3) is 5.91 Å². The Balaban J connectivity index is 2.22. The number of carbonyl (C=O) groups excluding carboxylic acids is 1. The molecule has 2 heterocycles. The SMILES string of the molecule is CCCc1cc(C(=O)Nc2cccnn2)cc(NN)n1. The lowest BCUT2D eigenvalue weighted by Crippen LogP contribution is -2.16. The summed E-state index contributed by atoms with van der Waals surface area (Å²) in [6.07, 6.45) is 3.26. The van der Waals surface area contributed by atoms with Gasteiger partial charge in [-0.25, -0.2) is 10.8 Å². The molecule has 7 heteroatoms. The Kier molecular flexibility index (Phi) is 4.56. The molecule has 0 unspecified atom stereocenters. The molecule has 20 heavy (non-hydrogen) atoms. The van der Waals surface area contributed by atoms with E-state index in [1.807, 2.05) is 6.92 Å². The maximum Gasteiger partial charge on any atom is 0.257 e. The molecule has 2 aromatic rings.